The second kappa shape index (κ2) is 8.90. The minimum absolute atomic E-state index is 0.0540. The lowest BCUT2D eigenvalue weighted by Crippen LogP contribution is -2.34. The summed E-state index contributed by atoms with van der Waals surface area (Å²) < 4.78 is 0. The Hall–Kier alpha value is -2.40. The summed E-state index contributed by atoms with van der Waals surface area (Å²) in [6, 6.07) is 13.5. The van der Waals surface area contributed by atoms with Crippen LogP contribution >= 0.6 is 0 Å². The largest absolute Gasteiger partial charge is 0.355 e. The Morgan fingerprint density at radius 3 is 2.48 bits per heavy atom. The predicted molar refractivity (Wildman–Crippen MR) is 92.5 cm³/mol. The number of carbonyl (C=O) groups is 2. The van der Waals surface area contributed by atoms with Crippen molar-refractivity contribution in [2.45, 2.75) is 13.3 Å². The molecule has 0 heterocycles. The van der Waals surface area contributed by atoms with E-state index in [1.165, 1.54) is 0 Å². The van der Waals surface area contributed by atoms with Crippen molar-refractivity contribution in [1.82, 2.24) is 16.0 Å². The Morgan fingerprint density at radius 1 is 0.913 bits per heavy atom. The van der Waals surface area contributed by atoms with Gasteiger partial charge >= 0.3 is 0 Å². The van der Waals surface area contributed by atoms with Crippen LogP contribution in [0, 0.1) is 0 Å². The zero-order valence-corrected chi connectivity index (χ0v) is 13.4. The minimum atomic E-state index is -0.156. The Morgan fingerprint density at radius 2 is 1.70 bits per heavy atom. The van der Waals surface area contributed by atoms with Gasteiger partial charge in [0.15, 0.2) is 0 Å². The highest BCUT2D eigenvalue weighted by molar-refractivity contribution is 5.98. The molecule has 0 aliphatic carbocycles. The molecule has 2 aromatic carbocycles. The highest BCUT2D eigenvalue weighted by Crippen LogP contribution is 2.15. The molecule has 0 aliphatic rings. The molecule has 0 aromatic heterocycles. The van der Waals surface area contributed by atoms with Crippen molar-refractivity contribution in [2.24, 2.45) is 0 Å². The van der Waals surface area contributed by atoms with Gasteiger partial charge in [-0.3, -0.25) is 9.59 Å². The number of carbonyl (C=O) groups excluding carboxylic acids is 2. The predicted octanol–water partition coefficient (Wildman–Crippen LogP) is 1.69. The molecule has 23 heavy (non-hydrogen) atoms. The molecule has 0 spiro atoms. The molecule has 0 unspecified atom stereocenters. The first-order chi connectivity index (χ1) is 11.2. The fourth-order valence-electron chi connectivity index (χ4n) is 2.28. The number of rotatable bonds is 8. The molecule has 2 rings (SSSR count). The summed E-state index contributed by atoms with van der Waals surface area (Å²) in [5.74, 6) is -0.210. The fraction of sp³-hybridized carbons (Fsp3) is 0.333. The molecule has 0 atom stereocenters. The van der Waals surface area contributed by atoms with Crippen LogP contribution in [0.15, 0.2) is 42.5 Å². The van der Waals surface area contributed by atoms with E-state index in [1.54, 1.807) is 6.07 Å². The topological polar surface area (TPSA) is 70.2 Å². The normalized spacial score (nSPS) is 10.5. The van der Waals surface area contributed by atoms with Crippen molar-refractivity contribution in [3.05, 3.63) is 48.0 Å². The third-order valence-corrected chi connectivity index (χ3v) is 3.52. The zero-order valence-electron chi connectivity index (χ0n) is 13.4. The quantitative estimate of drug-likeness (QED) is 0.650. The molecule has 2 amide bonds. The number of fused-ring (bicyclic) bond motifs is 1. The maximum atomic E-state index is 12.1. The number of likely N-dealkylation sites (N-methyl/N-ethyl adjacent to an activating group) is 1. The van der Waals surface area contributed by atoms with E-state index in [4.69, 9.17) is 0 Å². The average molecular weight is 313 g/mol. The second-order valence-electron chi connectivity index (χ2n) is 5.27. The molecule has 5 heteroatoms. The maximum Gasteiger partial charge on any atom is 0.251 e. The maximum absolute atomic E-state index is 12.1. The van der Waals surface area contributed by atoms with E-state index >= 15 is 0 Å². The number of hydrogen-bond acceptors (Lipinski definition) is 3. The van der Waals surface area contributed by atoms with Gasteiger partial charge in [0.25, 0.3) is 5.91 Å². The van der Waals surface area contributed by atoms with E-state index in [9.17, 15) is 9.59 Å². The molecule has 5 nitrogen and oxygen atoms in total. The van der Waals surface area contributed by atoms with Crippen LogP contribution in [0.1, 0.15) is 23.7 Å². The summed E-state index contributed by atoms with van der Waals surface area (Å²) in [6.07, 6.45) is 0.283. The summed E-state index contributed by atoms with van der Waals surface area (Å²) in [4.78, 5) is 23.7. The standard InChI is InChI=1S/C18H23N3O2/c1-2-19-11-12-20-17(22)9-10-21-18(23)16-8-7-14-5-3-4-6-15(14)13-16/h3-8,13,19H,2,9-12H2,1H3,(H,20,22)(H,21,23). The number of nitrogens with one attached hydrogen (secondary N) is 3. The monoisotopic (exact) mass is 313 g/mol. The van der Waals surface area contributed by atoms with Crippen molar-refractivity contribution in [2.75, 3.05) is 26.2 Å². The van der Waals surface area contributed by atoms with Gasteiger partial charge in [-0.2, -0.15) is 0 Å². The summed E-state index contributed by atoms with van der Waals surface area (Å²) in [5.41, 5.74) is 0.608. The van der Waals surface area contributed by atoms with Gasteiger partial charge in [-0.05, 0) is 29.4 Å². The van der Waals surface area contributed by atoms with Crippen molar-refractivity contribution in [1.29, 1.82) is 0 Å². The van der Waals surface area contributed by atoms with E-state index in [0.717, 1.165) is 23.9 Å². The highest BCUT2D eigenvalue weighted by atomic mass is 16.2. The number of amides is 2. The number of hydrogen-bond donors (Lipinski definition) is 3. The minimum Gasteiger partial charge on any atom is -0.355 e. The van der Waals surface area contributed by atoms with Crippen LogP contribution in [0.4, 0.5) is 0 Å². The Kier molecular flexibility index (Phi) is 6.56. The summed E-state index contributed by atoms with van der Waals surface area (Å²) in [6.45, 7) is 4.59. The van der Waals surface area contributed by atoms with Crippen LogP contribution in [0.2, 0.25) is 0 Å². The Labute approximate surface area is 136 Å². The first-order valence-electron chi connectivity index (χ1n) is 7.95. The molecular formula is C18H23N3O2. The summed E-state index contributed by atoms with van der Waals surface area (Å²) in [7, 11) is 0. The molecule has 0 bridgehead atoms. The lowest BCUT2D eigenvalue weighted by atomic mass is 10.1. The van der Waals surface area contributed by atoms with E-state index < -0.39 is 0 Å². The lowest BCUT2D eigenvalue weighted by molar-refractivity contribution is -0.120. The smallest absolute Gasteiger partial charge is 0.251 e. The lowest BCUT2D eigenvalue weighted by Gasteiger charge is -2.07. The first kappa shape index (κ1) is 17.0. The highest BCUT2D eigenvalue weighted by Gasteiger charge is 2.07. The van der Waals surface area contributed by atoms with Gasteiger partial charge in [0.2, 0.25) is 5.91 Å². The summed E-state index contributed by atoms with van der Waals surface area (Å²) in [5, 5.41) is 10.8. The SMILES string of the molecule is CCNCCNC(=O)CCNC(=O)c1ccc2ccccc2c1. The molecule has 2 aromatic rings. The fourth-order valence-corrected chi connectivity index (χ4v) is 2.28. The van der Waals surface area contributed by atoms with Gasteiger partial charge in [-0.1, -0.05) is 37.3 Å². The van der Waals surface area contributed by atoms with Crippen LogP contribution in [-0.2, 0) is 4.79 Å². The van der Waals surface area contributed by atoms with E-state index in [2.05, 4.69) is 16.0 Å². The molecule has 0 radical (unpaired) electrons. The van der Waals surface area contributed by atoms with Gasteiger partial charge in [-0.25, -0.2) is 0 Å². The van der Waals surface area contributed by atoms with Crippen molar-refractivity contribution in [3.63, 3.8) is 0 Å². The third-order valence-electron chi connectivity index (χ3n) is 3.52. The zero-order chi connectivity index (χ0) is 16.5. The van der Waals surface area contributed by atoms with Crippen molar-refractivity contribution >= 4 is 22.6 Å². The van der Waals surface area contributed by atoms with Crippen LogP contribution < -0.4 is 16.0 Å². The molecule has 3 N–H and O–H groups in total. The van der Waals surface area contributed by atoms with Crippen LogP contribution in [-0.4, -0.2) is 38.0 Å². The van der Waals surface area contributed by atoms with E-state index in [0.29, 0.717) is 18.7 Å². The molecular weight excluding hydrogens is 290 g/mol. The summed E-state index contributed by atoms with van der Waals surface area (Å²) >= 11 is 0. The molecule has 122 valence electrons. The average Bonchev–Trinajstić information content (AvgIpc) is 2.58. The Balaban J connectivity index is 1.76. The third kappa shape index (κ3) is 5.38. The molecule has 0 aliphatic heterocycles. The van der Waals surface area contributed by atoms with Crippen LogP contribution in [0.3, 0.4) is 0 Å². The molecule has 0 saturated heterocycles. The number of benzene rings is 2. The van der Waals surface area contributed by atoms with Gasteiger partial charge < -0.3 is 16.0 Å². The molecule has 0 fully saturated rings. The van der Waals surface area contributed by atoms with E-state index in [1.807, 2.05) is 43.3 Å². The van der Waals surface area contributed by atoms with Crippen LogP contribution in [0.25, 0.3) is 10.8 Å². The van der Waals surface area contributed by atoms with Gasteiger partial charge in [0.05, 0.1) is 0 Å². The molecule has 0 saturated carbocycles. The first-order valence-corrected chi connectivity index (χ1v) is 7.95. The van der Waals surface area contributed by atoms with Crippen molar-refractivity contribution < 1.29 is 9.59 Å². The van der Waals surface area contributed by atoms with Gasteiger partial charge in [-0.15, -0.1) is 0 Å². The Bertz CT molecular complexity index is 670. The second-order valence-corrected chi connectivity index (χ2v) is 5.27. The van der Waals surface area contributed by atoms with Crippen LogP contribution in [0.5, 0.6) is 0 Å². The van der Waals surface area contributed by atoms with Gasteiger partial charge in [0, 0.05) is 31.6 Å². The van der Waals surface area contributed by atoms with Crippen molar-refractivity contribution in [3.8, 4) is 0 Å². The van der Waals surface area contributed by atoms with E-state index in [-0.39, 0.29) is 18.2 Å². The van der Waals surface area contributed by atoms with Gasteiger partial charge in [0.1, 0.15) is 0 Å².